The molecule has 1 N–H and O–H groups in total. The average molecular weight is 102 g/mol. The molecule has 0 aromatic heterocycles. The molecular weight excluding hydrogens is 92.1 g/mol. The molecule has 0 spiro atoms. The van der Waals surface area contributed by atoms with Gasteiger partial charge >= 0.3 is 0 Å². The Labute approximate surface area is 43.4 Å². The van der Waals surface area contributed by atoms with Crippen LogP contribution in [0.1, 0.15) is 6.92 Å². The number of aliphatic hydroxyl groups excluding tert-OH is 1. The fourth-order valence-electron chi connectivity index (χ4n) is 0.243. The molecule has 0 fully saturated rings. The molecule has 0 aliphatic carbocycles. The number of hydrogen-bond donors (Lipinski definition) is 1. The highest BCUT2D eigenvalue weighted by Gasteiger charge is 1.87. The number of allylic oxidation sites excluding steroid dienone is 1. The van der Waals surface area contributed by atoms with Crippen molar-refractivity contribution in [2.24, 2.45) is 0 Å². The minimum absolute atomic E-state index is 0.731. The standard InChI is InChI=1S/C5H10O2/c1-3-4-5(6)7-2/h3-6H,1-2H3. The summed E-state index contributed by atoms with van der Waals surface area (Å²) in [4.78, 5) is 0. The van der Waals surface area contributed by atoms with Gasteiger partial charge in [0.05, 0.1) is 0 Å². The first kappa shape index (κ1) is 6.66. The Morgan fingerprint density at radius 2 is 2.29 bits per heavy atom. The third-order valence-electron chi connectivity index (χ3n) is 0.599. The van der Waals surface area contributed by atoms with E-state index in [2.05, 4.69) is 4.74 Å². The smallest absolute Gasteiger partial charge is 0.173 e. The summed E-state index contributed by atoms with van der Waals surface area (Å²) in [7, 11) is 1.45. The van der Waals surface area contributed by atoms with E-state index >= 15 is 0 Å². The van der Waals surface area contributed by atoms with Crippen LogP contribution >= 0.6 is 0 Å². The summed E-state index contributed by atoms with van der Waals surface area (Å²) in [6, 6.07) is 0. The van der Waals surface area contributed by atoms with E-state index in [0.29, 0.717) is 0 Å². The Morgan fingerprint density at radius 3 is 2.43 bits per heavy atom. The van der Waals surface area contributed by atoms with Crippen LogP contribution in [0.2, 0.25) is 0 Å². The van der Waals surface area contributed by atoms with Gasteiger partial charge in [-0.15, -0.1) is 0 Å². The Hall–Kier alpha value is -0.340. The van der Waals surface area contributed by atoms with Crippen molar-refractivity contribution in [2.75, 3.05) is 7.11 Å². The SMILES string of the molecule is CC=CC(O)OC. The maximum Gasteiger partial charge on any atom is 0.173 e. The third kappa shape index (κ3) is 3.49. The molecule has 0 heterocycles. The molecule has 0 aliphatic heterocycles. The van der Waals surface area contributed by atoms with Gasteiger partial charge in [-0.05, 0) is 13.0 Å². The lowest BCUT2D eigenvalue weighted by atomic mass is 10.5. The maximum absolute atomic E-state index is 8.55. The zero-order valence-electron chi connectivity index (χ0n) is 4.59. The number of rotatable bonds is 2. The van der Waals surface area contributed by atoms with Gasteiger partial charge in [-0.2, -0.15) is 0 Å². The van der Waals surface area contributed by atoms with Gasteiger partial charge in [0.1, 0.15) is 0 Å². The van der Waals surface area contributed by atoms with E-state index in [9.17, 15) is 0 Å². The molecule has 7 heavy (non-hydrogen) atoms. The highest BCUT2D eigenvalue weighted by atomic mass is 16.6. The van der Waals surface area contributed by atoms with Crippen molar-refractivity contribution >= 4 is 0 Å². The van der Waals surface area contributed by atoms with Gasteiger partial charge in [0.15, 0.2) is 6.29 Å². The normalized spacial score (nSPS) is 15.3. The van der Waals surface area contributed by atoms with E-state index in [0.717, 1.165) is 0 Å². The Morgan fingerprint density at radius 1 is 1.71 bits per heavy atom. The zero-order valence-corrected chi connectivity index (χ0v) is 4.59. The molecule has 2 heteroatoms. The lowest BCUT2D eigenvalue weighted by Gasteiger charge is -1.97. The molecule has 0 saturated heterocycles. The van der Waals surface area contributed by atoms with E-state index in [1.807, 2.05) is 6.92 Å². The van der Waals surface area contributed by atoms with Crippen molar-refractivity contribution in [1.29, 1.82) is 0 Å². The summed E-state index contributed by atoms with van der Waals surface area (Å²) in [5.41, 5.74) is 0. The fourth-order valence-corrected chi connectivity index (χ4v) is 0.243. The van der Waals surface area contributed by atoms with Crippen LogP contribution in [-0.2, 0) is 4.74 Å². The van der Waals surface area contributed by atoms with E-state index in [4.69, 9.17) is 5.11 Å². The highest BCUT2D eigenvalue weighted by Crippen LogP contribution is 1.82. The highest BCUT2D eigenvalue weighted by molar-refractivity contribution is 4.79. The number of hydrogen-bond acceptors (Lipinski definition) is 2. The first-order valence-electron chi connectivity index (χ1n) is 2.15. The van der Waals surface area contributed by atoms with Gasteiger partial charge in [-0.1, -0.05) is 6.08 Å². The quantitative estimate of drug-likeness (QED) is 0.407. The fraction of sp³-hybridized carbons (Fsp3) is 0.600. The van der Waals surface area contributed by atoms with Crippen LogP contribution in [0, 0.1) is 0 Å². The Bertz CT molecular complexity index is 59.1. The minimum Gasteiger partial charge on any atom is -0.365 e. The van der Waals surface area contributed by atoms with Crippen LogP contribution in [0.5, 0.6) is 0 Å². The van der Waals surface area contributed by atoms with Crippen LogP contribution in [0.3, 0.4) is 0 Å². The predicted octanol–water partition coefficient (Wildman–Crippen LogP) is 0.527. The van der Waals surface area contributed by atoms with Crippen LogP contribution in [-0.4, -0.2) is 18.5 Å². The van der Waals surface area contributed by atoms with Gasteiger partial charge in [-0.3, -0.25) is 0 Å². The molecule has 1 unspecified atom stereocenters. The molecule has 0 aromatic carbocycles. The molecule has 0 amide bonds. The monoisotopic (exact) mass is 102 g/mol. The van der Waals surface area contributed by atoms with Gasteiger partial charge in [0.25, 0.3) is 0 Å². The van der Waals surface area contributed by atoms with Crippen molar-refractivity contribution in [1.82, 2.24) is 0 Å². The second-order valence-corrected chi connectivity index (χ2v) is 1.15. The molecular formula is C5H10O2. The molecule has 0 radical (unpaired) electrons. The molecule has 0 aliphatic rings. The van der Waals surface area contributed by atoms with Crippen LogP contribution in [0.25, 0.3) is 0 Å². The molecule has 0 saturated carbocycles. The van der Waals surface area contributed by atoms with Crippen molar-refractivity contribution in [3.8, 4) is 0 Å². The summed E-state index contributed by atoms with van der Waals surface area (Å²) in [5.74, 6) is 0. The van der Waals surface area contributed by atoms with E-state index in [-0.39, 0.29) is 0 Å². The first-order valence-corrected chi connectivity index (χ1v) is 2.15. The summed E-state index contributed by atoms with van der Waals surface area (Å²) >= 11 is 0. The number of ether oxygens (including phenoxy) is 1. The summed E-state index contributed by atoms with van der Waals surface area (Å²) < 4.78 is 4.46. The maximum atomic E-state index is 8.55. The van der Waals surface area contributed by atoms with Crippen LogP contribution < -0.4 is 0 Å². The van der Waals surface area contributed by atoms with Gasteiger partial charge in [-0.25, -0.2) is 0 Å². The zero-order chi connectivity index (χ0) is 5.70. The van der Waals surface area contributed by atoms with E-state index < -0.39 is 6.29 Å². The topological polar surface area (TPSA) is 29.5 Å². The van der Waals surface area contributed by atoms with Crippen molar-refractivity contribution < 1.29 is 9.84 Å². The lowest BCUT2D eigenvalue weighted by molar-refractivity contribution is -0.0357. The number of aliphatic hydroxyl groups is 1. The average Bonchev–Trinajstić information content (AvgIpc) is 1.68. The largest absolute Gasteiger partial charge is 0.365 e. The van der Waals surface area contributed by atoms with Crippen molar-refractivity contribution in [2.45, 2.75) is 13.2 Å². The first-order chi connectivity index (χ1) is 3.31. The summed E-state index contributed by atoms with van der Waals surface area (Å²) in [6.07, 6.45) is 2.55. The van der Waals surface area contributed by atoms with Crippen LogP contribution in [0.15, 0.2) is 12.2 Å². The second-order valence-electron chi connectivity index (χ2n) is 1.15. The predicted molar refractivity (Wildman–Crippen MR) is 27.8 cm³/mol. The molecule has 0 rings (SSSR count). The number of methoxy groups -OCH3 is 1. The molecule has 2 nitrogen and oxygen atoms in total. The molecule has 42 valence electrons. The summed E-state index contributed by atoms with van der Waals surface area (Å²) in [6.45, 7) is 1.82. The third-order valence-corrected chi connectivity index (χ3v) is 0.599. The van der Waals surface area contributed by atoms with E-state index in [1.54, 1.807) is 12.2 Å². The van der Waals surface area contributed by atoms with Crippen molar-refractivity contribution in [3.05, 3.63) is 12.2 Å². The summed E-state index contributed by atoms with van der Waals surface area (Å²) in [5, 5.41) is 8.55. The molecule has 1 atom stereocenters. The molecule has 0 bridgehead atoms. The Kier molecular flexibility index (Phi) is 3.65. The van der Waals surface area contributed by atoms with Gasteiger partial charge in [0, 0.05) is 7.11 Å². The minimum atomic E-state index is -0.731. The lowest BCUT2D eigenvalue weighted by Crippen LogP contribution is -2.02. The van der Waals surface area contributed by atoms with Gasteiger partial charge in [0.2, 0.25) is 0 Å². The Balaban J connectivity index is 3.16. The van der Waals surface area contributed by atoms with Crippen LogP contribution in [0.4, 0.5) is 0 Å². The van der Waals surface area contributed by atoms with Crippen molar-refractivity contribution in [3.63, 3.8) is 0 Å². The van der Waals surface area contributed by atoms with Gasteiger partial charge < -0.3 is 9.84 Å². The van der Waals surface area contributed by atoms with E-state index in [1.165, 1.54) is 7.11 Å². The second kappa shape index (κ2) is 3.84. The molecule has 0 aromatic rings.